The van der Waals surface area contributed by atoms with Crippen LogP contribution in [-0.2, 0) is 5.54 Å². The van der Waals surface area contributed by atoms with Gasteiger partial charge in [-0.2, -0.15) is 8.78 Å². The number of anilines is 1. The van der Waals surface area contributed by atoms with E-state index in [1.165, 1.54) is 30.5 Å². The zero-order chi connectivity index (χ0) is 23.2. The van der Waals surface area contributed by atoms with Gasteiger partial charge in [0, 0.05) is 12.4 Å². The first kappa shape index (κ1) is 23.1. The van der Waals surface area contributed by atoms with Crippen molar-refractivity contribution in [2.75, 3.05) is 12.4 Å². The number of nitrogens with zero attached hydrogens (tertiary/aromatic N) is 4. The standard InChI is InChI=1S/C17H22F2N6O4S2/c1-16(2)17(3,24-15(20)25(4)31(16,27)28)13-23-11(8-30-13)22-12(26)10-6-5-9(7-21-10)29-14(18)19/h5-8,14,27-28H,1-4H3,(H2,20,24)(H,22,26). The predicted octanol–water partition coefficient (Wildman–Crippen LogP) is 3.31. The number of hydrogen-bond acceptors (Lipinski definition) is 10. The molecule has 0 saturated carbocycles. The fourth-order valence-corrected chi connectivity index (χ4v) is 5.64. The molecule has 0 aromatic carbocycles. The first-order valence-corrected chi connectivity index (χ1v) is 11.2. The Kier molecular flexibility index (Phi) is 5.86. The molecule has 3 rings (SSSR count). The van der Waals surface area contributed by atoms with Crippen molar-refractivity contribution in [2.45, 2.75) is 37.7 Å². The average Bonchev–Trinajstić information content (AvgIpc) is 3.15. The minimum atomic E-state index is -3.33. The maximum absolute atomic E-state index is 12.4. The van der Waals surface area contributed by atoms with Gasteiger partial charge >= 0.3 is 6.61 Å². The Morgan fingerprint density at radius 3 is 2.61 bits per heavy atom. The largest absolute Gasteiger partial charge is 0.433 e. The minimum Gasteiger partial charge on any atom is -0.433 e. The number of pyridine rings is 1. The first-order valence-electron chi connectivity index (χ1n) is 8.85. The lowest BCUT2D eigenvalue weighted by Crippen LogP contribution is -2.58. The molecule has 1 aliphatic heterocycles. The molecule has 0 fully saturated rings. The number of aromatic nitrogens is 2. The Morgan fingerprint density at radius 2 is 2.03 bits per heavy atom. The molecule has 1 aliphatic rings. The van der Waals surface area contributed by atoms with Gasteiger partial charge in [-0.1, -0.05) is 0 Å². The van der Waals surface area contributed by atoms with Crippen molar-refractivity contribution in [2.24, 2.45) is 10.7 Å². The number of alkyl halides is 2. The van der Waals surface area contributed by atoms with Crippen molar-refractivity contribution in [3.63, 3.8) is 0 Å². The lowest BCUT2D eigenvalue weighted by molar-refractivity contribution is -0.0500. The smallest absolute Gasteiger partial charge is 0.387 e. The quantitative estimate of drug-likeness (QED) is 0.514. The molecule has 3 heterocycles. The van der Waals surface area contributed by atoms with Crippen molar-refractivity contribution in [3.05, 3.63) is 34.4 Å². The molecule has 0 radical (unpaired) electrons. The summed E-state index contributed by atoms with van der Waals surface area (Å²) in [4.78, 5) is 25.1. The summed E-state index contributed by atoms with van der Waals surface area (Å²) in [7, 11) is -1.88. The van der Waals surface area contributed by atoms with E-state index in [-0.39, 0.29) is 23.2 Å². The highest BCUT2D eigenvalue weighted by molar-refractivity contribution is 8.23. The van der Waals surface area contributed by atoms with Crippen LogP contribution in [0.25, 0.3) is 0 Å². The van der Waals surface area contributed by atoms with Gasteiger partial charge in [-0.05, 0) is 32.9 Å². The Hall–Kier alpha value is -2.55. The summed E-state index contributed by atoms with van der Waals surface area (Å²) < 4.78 is 50.2. The molecule has 1 unspecified atom stereocenters. The number of carbonyl (C=O) groups is 1. The number of ether oxygens (including phenoxy) is 1. The summed E-state index contributed by atoms with van der Waals surface area (Å²) in [5.41, 5.74) is 4.70. The summed E-state index contributed by atoms with van der Waals surface area (Å²) in [5.74, 6) is -0.631. The normalized spacial score (nSPS) is 23.3. The molecule has 1 amide bonds. The van der Waals surface area contributed by atoms with Crippen LogP contribution in [-0.4, -0.2) is 53.7 Å². The van der Waals surface area contributed by atoms with Crippen molar-refractivity contribution in [1.82, 2.24) is 14.3 Å². The second-order valence-electron chi connectivity index (χ2n) is 7.32. The molecule has 1 atom stereocenters. The highest BCUT2D eigenvalue weighted by atomic mass is 32.3. The molecule has 31 heavy (non-hydrogen) atoms. The summed E-state index contributed by atoms with van der Waals surface area (Å²) in [6, 6.07) is 2.44. The molecule has 0 aliphatic carbocycles. The number of carbonyl (C=O) groups excluding carboxylic acids is 1. The number of aliphatic imine (C=N–C) groups is 1. The number of rotatable bonds is 5. The van der Waals surface area contributed by atoms with Crippen molar-refractivity contribution < 1.29 is 27.4 Å². The molecule has 170 valence electrons. The predicted molar refractivity (Wildman–Crippen MR) is 115 cm³/mol. The number of thiazole rings is 1. The van der Waals surface area contributed by atoms with E-state index in [1.54, 1.807) is 26.2 Å². The third kappa shape index (κ3) is 3.91. The van der Waals surface area contributed by atoms with Gasteiger partial charge in [-0.3, -0.25) is 13.9 Å². The number of guanidine groups is 1. The van der Waals surface area contributed by atoms with Gasteiger partial charge in [0.2, 0.25) is 5.96 Å². The van der Waals surface area contributed by atoms with Gasteiger partial charge in [0.1, 0.15) is 32.6 Å². The molecule has 2 aromatic rings. The van der Waals surface area contributed by atoms with E-state index in [1.807, 2.05) is 0 Å². The SMILES string of the molecule is CN1C(N)=NC(C)(c2nc(NC(=O)c3ccc(OC(F)F)cn3)cs2)C(C)(C)S1(O)O. The van der Waals surface area contributed by atoms with Gasteiger partial charge < -0.3 is 15.8 Å². The highest BCUT2D eigenvalue weighted by Crippen LogP contribution is 2.64. The van der Waals surface area contributed by atoms with Gasteiger partial charge in [-0.25, -0.2) is 19.3 Å². The summed E-state index contributed by atoms with van der Waals surface area (Å²) in [6.45, 7) is 2.01. The zero-order valence-electron chi connectivity index (χ0n) is 17.0. The van der Waals surface area contributed by atoms with Crippen molar-refractivity contribution >= 4 is 39.8 Å². The minimum absolute atomic E-state index is 0.0292. The molecule has 0 bridgehead atoms. The molecule has 0 saturated heterocycles. The van der Waals surface area contributed by atoms with Crippen LogP contribution < -0.4 is 15.8 Å². The average molecular weight is 477 g/mol. The van der Waals surface area contributed by atoms with E-state index in [0.29, 0.717) is 5.01 Å². The third-order valence-corrected chi connectivity index (χ3v) is 9.03. The third-order valence-electron chi connectivity index (χ3n) is 5.26. The topological polar surface area (TPSA) is 146 Å². The maximum atomic E-state index is 12.4. The lowest BCUT2D eigenvalue weighted by Gasteiger charge is -2.59. The molecule has 5 N–H and O–H groups in total. The first-order chi connectivity index (χ1) is 14.3. The van der Waals surface area contributed by atoms with E-state index >= 15 is 0 Å². The zero-order valence-corrected chi connectivity index (χ0v) is 18.7. The number of nitrogens with one attached hydrogen (secondary N) is 1. The molecule has 2 aromatic heterocycles. The number of hydrogen-bond donors (Lipinski definition) is 4. The summed E-state index contributed by atoms with van der Waals surface area (Å²) >= 11 is 1.17. The fraction of sp³-hybridized carbons (Fsp3) is 0.412. The lowest BCUT2D eigenvalue weighted by atomic mass is 9.88. The van der Waals surface area contributed by atoms with Crippen LogP contribution >= 0.6 is 22.1 Å². The Morgan fingerprint density at radius 1 is 1.35 bits per heavy atom. The van der Waals surface area contributed by atoms with E-state index in [9.17, 15) is 22.7 Å². The maximum Gasteiger partial charge on any atom is 0.387 e. The fourth-order valence-electron chi connectivity index (χ4n) is 2.90. The monoisotopic (exact) mass is 476 g/mol. The van der Waals surface area contributed by atoms with E-state index in [4.69, 9.17) is 5.73 Å². The van der Waals surface area contributed by atoms with E-state index in [2.05, 4.69) is 25.0 Å². The molecule has 14 heteroatoms. The number of nitrogens with two attached hydrogens (primary N) is 1. The van der Waals surface area contributed by atoms with Gasteiger partial charge in [0.15, 0.2) is 0 Å². The van der Waals surface area contributed by atoms with Crippen LogP contribution in [0, 0.1) is 0 Å². The van der Waals surface area contributed by atoms with Crippen molar-refractivity contribution in [1.29, 1.82) is 0 Å². The molecular formula is C17H22F2N6O4S2. The van der Waals surface area contributed by atoms with Gasteiger partial charge in [-0.15, -0.1) is 22.1 Å². The molecule has 10 nitrogen and oxygen atoms in total. The van der Waals surface area contributed by atoms with Crippen LogP contribution in [0.2, 0.25) is 0 Å². The molecule has 0 spiro atoms. The Balaban J connectivity index is 1.83. The van der Waals surface area contributed by atoms with Crippen LogP contribution in [0.15, 0.2) is 28.7 Å². The Bertz CT molecular complexity index is 1010. The second-order valence-corrected chi connectivity index (χ2v) is 10.8. The summed E-state index contributed by atoms with van der Waals surface area (Å²) in [5, 5.41) is 4.55. The van der Waals surface area contributed by atoms with Crippen LogP contribution in [0.4, 0.5) is 14.6 Å². The summed E-state index contributed by atoms with van der Waals surface area (Å²) in [6.07, 6.45) is 1.01. The van der Waals surface area contributed by atoms with Crippen LogP contribution in [0.1, 0.15) is 36.3 Å². The van der Waals surface area contributed by atoms with E-state index in [0.717, 1.165) is 10.5 Å². The van der Waals surface area contributed by atoms with Gasteiger partial charge in [0.25, 0.3) is 5.91 Å². The number of halogens is 2. The highest BCUT2D eigenvalue weighted by Gasteiger charge is 2.58. The number of amides is 1. The second kappa shape index (κ2) is 7.85. The Labute approximate surface area is 182 Å². The molecular weight excluding hydrogens is 454 g/mol. The van der Waals surface area contributed by atoms with Crippen LogP contribution in [0.3, 0.4) is 0 Å². The van der Waals surface area contributed by atoms with E-state index < -0.39 is 33.6 Å². The van der Waals surface area contributed by atoms with Crippen LogP contribution in [0.5, 0.6) is 5.75 Å². The van der Waals surface area contributed by atoms with Crippen molar-refractivity contribution in [3.8, 4) is 5.75 Å². The van der Waals surface area contributed by atoms with Gasteiger partial charge in [0.05, 0.1) is 6.20 Å².